The number of hydrogen-bond acceptors (Lipinski definition) is 7. The zero-order chi connectivity index (χ0) is 23.3. The van der Waals surface area contributed by atoms with Gasteiger partial charge in [0.05, 0.1) is 24.0 Å². The molecule has 2 aromatic carbocycles. The number of rotatable bonds is 7. The smallest absolute Gasteiger partial charge is 0.264 e. The van der Waals surface area contributed by atoms with Crippen LogP contribution in [0.5, 0.6) is 5.75 Å². The molecule has 11 heteroatoms. The first-order chi connectivity index (χ1) is 15.2. The minimum absolute atomic E-state index is 0.125. The quantitative estimate of drug-likeness (QED) is 0.548. The van der Waals surface area contributed by atoms with Crippen LogP contribution in [-0.2, 0) is 26.2 Å². The predicted molar refractivity (Wildman–Crippen MR) is 117 cm³/mol. The van der Waals surface area contributed by atoms with E-state index >= 15 is 0 Å². The van der Waals surface area contributed by atoms with E-state index in [9.17, 15) is 22.8 Å². The Bertz CT molecular complexity index is 1300. The number of aromatic nitrogens is 2. The van der Waals surface area contributed by atoms with Crippen LogP contribution in [0.2, 0.25) is 0 Å². The topological polar surface area (TPSA) is 136 Å². The molecule has 0 atom stereocenters. The molecule has 1 aromatic heterocycles. The zero-order valence-corrected chi connectivity index (χ0v) is 18.0. The van der Waals surface area contributed by atoms with Gasteiger partial charge in [-0.05, 0) is 48.5 Å². The summed E-state index contributed by atoms with van der Waals surface area (Å²) in [5, 5.41) is 2.57. The van der Waals surface area contributed by atoms with Gasteiger partial charge in [-0.15, -0.1) is 0 Å². The lowest BCUT2D eigenvalue weighted by atomic mass is 10.1. The first-order valence-corrected chi connectivity index (χ1v) is 10.8. The van der Waals surface area contributed by atoms with E-state index in [-0.39, 0.29) is 11.4 Å². The summed E-state index contributed by atoms with van der Waals surface area (Å²) in [4.78, 5) is 39.8. The van der Waals surface area contributed by atoms with Crippen LogP contribution in [0.25, 0.3) is 11.3 Å². The van der Waals surface area contributed by atoms with E-state index in [0.717, 1.165) is 17.1 Å². The highest BCUT2D eigenvalue weighted by atomic mass is 32.2. The Hall–Kier alpha value is -3.99. The average molecular weight is 456 g/mol. The van der Waals surface area contributed by atoms with Crippen LogP contribution in [0, 0.1) is 0 Å². The second-order valence-electron chi connectivity index (χ2n) is 6.70. The van der Waals surface area contributed by atoms with Crippen molar-refractivity contribution in [3.8, 4) is 17.0 Å². The van der Waals surface area contributed by atoms with Crippen molar-refractivity contribution in [3.63, 3.8) is 0 Å². The van der Waals surface area contributed by atoms with Gasteiger partial charge in [-0.1, -0.05) is 0 Å². The summed E-state index contributed by atoms with van der Waals surface area (Å²) in [5.41, 5.74) is 1.12. The van der Waals surface area contributed by atoms with Gasteiger partial charge in [0.25, 0.3) is 15.6 Å². The van der Waals surface area contributed by atoms with Crippen molar-refractivity contribution in [2.75, 3.05) is 12.4 Å². The van der Waals surface area contributed by atoms with Crippen molar-refractivity contribution in [1.82, 2.24) is 14.3 Å². The number of carbonyl (C=O) groups excluding carboxylic acids is 2. The Morgan fingerprint density at radius 3 is 2.28 bits per heavy atom. The van der Waals surface area contributed by atoms with E-state index in [1.54, 1.807) is 31.4 Å². The maximum absolute atomic E-state index is 12.4. The highest BCUT2D eigenvalue weighted by Gasteiger charge is 2.15. The number of sulfonamides is 1. The lowest BCUT2D eigenvalue weighted by Gasteiger charge is -2.09. The molecule has 2 N–H and O–H groups in total. The molecule has 3 rings (SSSR count). The van der Waals surface area contributed by atoms with Crippen LogP contribution >= 0.6 is 0 Å². The molecule has 0 radical (unpaired) electrons. The van der Waals surface area contributed by atoms with Crippen LogP contribution < -0.4 is 20.3 Å². The van der Waals surface area contributed by atoms with E-state index < -0.39 is 27.4 Å². The lowest BCUT2D eigenvalue weighted by Crippen LogP contribution is -2.28. The molecular weight excluding hydrogens is 436 g/mol. The van der Waals surface area contributed by atoms with Gasteiger partial charge in [-0.25, -0.2) is 18.1 Å². The summed E-state index contributed by atoms with van der Waals surface area (Å²) >= 11 is 0. The molecule has 2 amide bonds. The predicted octanol–water partition coefficient (Wildman–Crippen LogP) is 1.38. The molecule has 0 saturated carbocycles. The molecule has 32 heavy (non-hydrogen) atoms. The fourth-order valence-corrected chi connectivity index (χ4v) is 3.78. The summed E-state index contributed by atoms with van der Waals surface area (Å²) in [5.74, 6) is -0.525. The maximum Gasteiger partial charge on any atom is 0.264 e. The number of nitrogens with one attached hydrogen (secondary N) is 2. The number of anilines is 1. The van der Waals surface area contributed by atoms with Crippen LogP contribution in [-0.4, -0.2) is 36.9 Å². The van der Waals surface area contributed by atoms with E-state index in [0.29, 0.717) is 17.1 Å². The van der Waals surface area contributed by atoms with Crippen LogP contribution in [0.3, 0.4) is 0 Å². The molecule has 0 aliphatic carbocycles. The molecule has 166 valence electrons. The van der Waals surface area contributed by atoms with E-state index in [4.69, 9.17) is 4.74 Å². The first-order valence-electron chi connectivity index (χ1n) is 9.32. The molecule has 0 aliphatic heterocycles. The summed E-state index contributed by atoms with van der Waals surface area (Å²) in [6, 6.07) is 13.6. The maximum atomic E-state index is 12.4. The second kappa shape index (κ2) is 9.43. The third kappa shape index (κ3) is 5.58. The Morgan fingerprint density at radius 1 is 1.06 bits per heavy atom. The second-order valence-corrected chi connectivity index (χ2v) is 8.39. The molecule has 0 aliphatic rings. The number of nitrogens with zero attached hydrogens (tertiary/aromatic N) is 2. The molecule has 3 aromatic rings. The minimum atomic E-state index is -3.96. The standard InChI is InChI=1S/C21H20N4O6S/c1-14(26)24-32(29,30)18-9-5-16(6-10-18)23-20(27)12-25-13-22-19(11-21(25)28)15-3-7-17(31-2)8-4-15/h3-11,13H,12H2,1-2H3,(H,23,27)(H,24,26). The van der Waals surface area contributed by atoms with Gasteiger partial charge >= 0.3 is 0 Å². The molecule has 0 saturated heterocycles. The normalized spacial score (nSPS) is 10.9. The van der Waals surface area contributed by atoms with Gasteiger partial charge < -0.3 is 10.1 Å². The Balaban J connectivity index is 1.67. The zero-order valence-electron chi connectivity index (χ0n) is 17.2. The van der Waals surface area contributed by atoms with Gasteiger partial charge in [0.1, 0.15) is 12.3 Å². The summed E-state index contributed by atoms with van der Waals surface area (Å²) in [6.45, 7) is 0.813. The summed E-state index contributed by atoms with van der Waals surface area (Å²) in [6.07, 6.45) is 1.28. The van der Waals surface area contributed by atoms with Crippen molar-refractivity contribution < 1.29 is 22.7 Å². The SMILES string of the molecule is COc1ccc(-c2cc(=O)n(CC(=O)Nc3ccc(S(=O)(=O)NC(C)=O)cc3)cn2)cc1. The van der Waals surface area contributed by atoms with Crippen molar-refractivity contribution in [3.05, 3.63) is 71.3 Å². The summed E-state index contributed by atoms with van der Waals surface area (Å²) in [7, 11) is -2.41. The fraction of sp³-hybridized carbons (Fsp3) is 0.143. The average Bonchev–Trinajstić information content (AvgIpc) is 2.75. The number of methoxy groups -OCH3 is 1. The minimum Gasteiger partial charge on any atom is -0.497 e. The molecule has 1 heterocycles. The largest absolute Gasteiger partial charge is 0.497 e. The molecule has 0 fully saturated rings. The fourth-order valence-electron chi connectivity index (χ4n) is 2.79. The highest BCUT2D eigenvalue weighted by Crippen LogP contribution is 2.19. The number of hydrogen-bond donors (Lipinski definition) is 2. The number of ether oxygens (including phenoxy) is 1. The molecular formula is C21H20N4O6S. The molecule has 0 unspecified atom stereocenters. The van der Waals surface area contributed by atoms with E-state index in [1.165, 1.54) is 36.7 Å². The molecule has 0 spiro atoms. The van der Waals surface area contributed by atoms with Crippen LogP contribution in [0.15, 0.2) is 70.6 Å². The van der Waals surface area contributed by atoms with Crippen LogP contribution in [0.1, 0.15) is 6.92 Å². The Morgan fingerprint density at radius 2 is 1.72 bits per heavy atom. The monoisotopic (exact) mass is 456 g/mol. The van der Waals surface area contributed by atoms with Crippen molar-refractivity contribution in [2.45, 2.75) is 18.4 Å². The third-order valence-corrected chi connectivity index (χ3v) is 5.75. The van der Waals surface area contributed by atoms with Crippen molar-refractivity contribution in [2.24, 2.45) is 0 Å². The van der Waals surface area contributed by atoms with Crippen LogP contribution in [0.4, 0.5) is 5.69 Å². The number of carbonyl (C=O) groups is 2. The molecule has 0 bridgehead atoms. The Kier molecular flexibility index (Phi) is 6.69. The number of benzene rings is 2. The van der Waals surface area contributed by atoms with Gasteiger partial charge in [0.15, 0.2) is 0 Å². The van der Waals surface area contributed by atoms with Crippen molar-refractivity contribution >= 4 is 27.5 Å². The number of amides is 2. The molecule has 10 nitrogen and oxygen atoms in total. The van der Waals surface area contributed by atoms with Crippen molar-refractivity contribution in [1.29, 1.82) is 0 Å². The van der Waals surface area contributed by atoms with Gasteiger partial charge in [0.2, 0.25) is 11.8 Å². The first kappa shape index (κ1) is 22.7. The Labute approximate surface area is 183 Å². The third-order valence-electron chi connectivity index (χ3n) is 4.31. The van der Waals surface area contributed by atoms with Gasteiger partial charge in [-0.2, -0.15) is 0 Å². The van der Waals surface area contributed by atoms with E-state index in [2.05, 4.69) is 10.3 Å². The van der Waals surface area contributed by atoms with Gasteiger partial charge in [-0.3, -0.25) is 19.0 Å². The van der Waals surface area contributed by atoms with E-state index in [1.807, 2.05) is 4.72 Å². The highest BCUT2D eigenvalue weighted by molar-refractivity contribution is 7.90. The summed E-state index contributed by atoms with van der Waals surface area (Å²) < 4.78 is 32.0. The lowest BCUT2D eigenvalue weighted by molar-refractivity contribution is -0.117. The van der Waals surface area contributed by atoms with Gasteiger partial charge in [0, 0.05) is 24.2 Å².